The molecule has 0 aliphatic carbocycles. The number of thiocarbonyl (C=S) groups is 1. The fraction of sp³-hybridized carbons (Fsp3) is 0.190. The van der Waals surface area contributed by atoms with E-state index in [1.165, 1.54) is 11.1 Å². The van der Waals surface area contributed by atoms with Crippen LogP contribution in [0.15, 0.2) is 71.3 Å². The Balaban J connectivity index is 1.77. The van der Waals surface area contributed by atoms with E-state index in [9.17, 15) is 0 Å². The third kappa shape index (κ3) is 4.64. The van der Waals surface area contributed by atoms with Gasteiger partial charge in [0.15, 0.2) is 5.11 Å². The molecule has 0 radical (unpaired) electrons. The van der Waals surface area contributed by atoms with Gasteiger partial charge in [-0.2, -0.15) is 0 Å². The van der Waals surface area contributed by atoms with Gasteiger partial charge in [-0.1, -0.05) is 24.3 Å². The molecule has 0 saturated carbocycles. The van der Waals surface area contributed by atoms with E-state index in [0.717, 1.165) is 17.2 Å². The largest absolute Gasteiger partial charge is 0.497 e. The van der Waals surface area contributed by atoms with Gasteiger partial charge >= 0.3 is 0 Å². The molecule has 0 amide bonds. The lowest BCUT2D eigenvalue weighted by molar-refractivity contribution is 0.359. The Morgan fingerprint density at radius 1 is 1.04 bits per heavy atom. The number of benzene rings is 2. The lowest BCUT2D eigenvalue weighted by Crippen LogP contribution is -2.33. The van der Waals surface area contributed by atoms with Crippen molar-refractivity contribution in [2.24, 2.45) is 0 Å². The minimum Gasteiger partial charge on any atom is -0.497 e. The van der Waals surface area contributed by atoms with Crippen LogP contribution in [-0.4, -0.2) is 17.1 Å². The van der Waals surface area contributed by atoms with Crippen molar-refractivity contribution in [2.45, 2.75) is 20.0 Å². The number of hydrogen-bond acceptors (Lipinski definition) is 3. The molecule has 134 valence electrons. The summed E-state index contributed by atoms with van der Waals surface area (Å²) < 4.78 is 10.7. The summed E-state index contributed by atoms with van der Waals surface area (Å²) >= 11 is 5.68. The first-order valence-electron chi connectivity index (χ1n) is 8.42. The second-order valence-corrected chi connectivity index (χ2v) is 6.41. The summed E-state index contributed by atoms with van der Waals surface area (Å²) in [6, 6.07) is 19.9. The minimum atomic E-state index is 0.601. The molecule has 0 bridgehead atoms. The van der Waals surface area contributed by atoms with Gasteiger partial charge in [0.25, 0.3) is 0 Å². The van der Waals surface area contributed by atoms with Gasteiger partial charge in [0, 0.05) is 12.2 Å². The van der Waals surface area contributed by atoms with Crippen LogP contribution in [0.25, 0.3) is 0 Å². The summed E-state index contributed by atoms with van der Waals surface area (Å²) in [4.78, 5) is 2.10. The molecule has 1 heterocycles. The third-order valence-corrected chi connectivity index (χ3v) is 4.54. The van der Waals surface area contributed by atoms with Crippen molar-refractivity contribution in [3.8, 4) is 5.75 Å². The normalized spacial score (nSPS) is 10.4. The highest BCUT2D eigenvalue weighted by Gasteiger charge is 2.14. The number of anilines is 1. The molecule has 2 aromatic carbocycles. The second kappa shape index (κ2) is 8.54. The average Bonchev–Trinajstić information content (AvgIpc) is 3.16. The van der Waals surface area contributed by atoms with Gasteiger partial charge in [0.2, 0.25) is 0 Å². The first-order chi connectivity index (χ1) is 12.7. The van der Waals surface area contributed by atoms with E-state index >= 15 is 0 Å². The summed E-state index contributed by atoms with van der Waals surface area (Å²) in [5.74, 6) is 1.69. The Labute approximate surface area is 159 Å². The molecule has 1 aromatic heterocycles. The summed E-state index contributed by atoms with van der Waals surface area (Å²) in [6.45, 7) is 3.42. The Bertz CT molecular complexity index is 845. The molecular formula is C21H22N2O2S. The van der Waals surface area contributed by atoms with Crippen molar-refractivity contribution in [1.29, 1.82) is 0 Å². The highest BCUT2D eigenvalue weighted by atomic mass is 32.1. The van der Waals surface area contributed by atoms with Crippen molar-refractivity contribution < 1.29 is 9.15 Å². The van der Waals surface area contributed by atoms with E-state index in [1.807, 2.05) is 48.5 Å². The number of aryl methyl sites for hydroxylation is 1. The smallest absolute Gasteiger partial charge is 0.174 e. The molecule has 0 spiro atoms. The molecule has 26 heavy (non-hydrogen) atoms. The number of hydrogen-bond donors (Lipinski definition) is 1. The summed E-state index contributed by atoms with van der Waals surface area (Å²) in [5.41, 5.74) is 3.40. The standard InChI is InChI=1S/C21H22N2O2S/c1-16-6-3-4-7-17(16)14-23(15-20-8-5-13-25-20)21(26)22-18-9-11-19(24-2)12-10-18/h3-13H,14-15H2,1-2H3,(H,22,26). The molecule has 4 nitrogen and oxygen atoms in total. The van der Waals surface area contributed by atoms with Crippen molar-refractivity contribution >= 4 is 23.0 Å². The van der Waals surface area contributed by atoms with E-state index < -0.39 is 0 Å². The van der Waals surface area contributed by atoms with Crippen LogP contribution in [0, 0.1) is 6.92 Å². The van der Waals surface area contributed by atoms with Crippen LogP contribution in [-0.2, 0) is 13.1 Å². The molecule has 3 aromatic rings. The number of nitrogens with one attached hydrogen (secondary N) is 1. The van der Waals surface area contributed by atoms with Crippen molar-refractivity contribution in [2.75, 3.05) is 12.4 Å². The summed E-state index contributed by atoms with van der Waals surface area (Å²) in [6.07, 6.45) is 1.68. The number of ether oxygens (including phenoxy) is 1. The Hall–Kier alpha value is -2.79. The zero-order valence-corrected chi connectivity index (χ0v) is 15.8. The molecule has 3 rings (SSSR count). The van der Waals surface area contributed by atoms with Gasteiger partial charge in [-0.05, 0) is 66.7 Å². The quantitative estimate of drug-likeness (QED) is 0.622. The van der Waals surface area contributed by atoms with Crippen LogP contribution in [0.2, 0.25) is 0 Å². The second-order valence-electron chi connectivity index (χ2n) is 6.02. The molecule has 5 heteroatoms. The van der Waals surface area contributed by atoms with Crippen molar-refractivity contribution in [3.05, 3.63) is 83.8 Å². The molecule has 0 aliphatic rings. The maximum atomic E-state index is 5.68. The van der Waals surface area contributed by atoms with Crippen LogP contribution in [0.5, 0.6) is 5.75 Å². The van der Waals surface area contributed by atoms with Crippen LogP contribution < -0.4 is 10.1 Å². The first-order valence-corrected chi connectivity index (χ1v) is 8.83. The van der Waals surface area contributed by atoms with Crippen molar-refractivity contribution in [3.63, 3.8) is 0 Å². The van der Waals surface area contributed by atoms with Gasteiger partial charge < -0.3 is 19.4 Å². The van der Waals surface area contributed by atoms with Crippen LogP contribution in [0.3, 0.4) is 0 Å². The van der Waals surface area contributed by atoms with Gasteiger partial charge in [-0.15, -0.1) is 0 Å². The van der Waals surface area contributed by atoms with E-state index in [-0.39, 0.29) is 0 Å². The van der Waals surface area contributed by atoms with E-state index in [2.05, 4.69) is 29.3 Å². The zero-order chi connectivity index (χ0) is 18.4. The van der Waals surface area contributed by atoms with Crippen LogP contribution in [0.1, 0.15) is 16.9 Å². The Kier molecular flexibility index (Phi) is 5.92. The Morgan fingerprint density at radius 3 is 2.46 bits per heavy atom. The summed E-state index contributed by atoms with van der Waals surface area (Å²) in [5, 5.41) is 3.95. The van der Waals surface area contributed by atoms with Crippen molar-refractivity contribution in [1.82, 2.24) is 4.90 Å². The number of rotatable bonds is 6. The third-order valence-electron chi connectivity index (χ3n) is 4.18. The molecule has 0 fully saturated rings. The zero-order valence-electron chi connectivity index (χ0n) is 14.9. The number of methoxy groups -OCH3 is 1. The predicted molar refractivity (Wildman–Crippen MR) is 108 cm³/mol. The van der Waals surface area contributed by atoms with Gasteiger partial charge in [-0.25, -0.2) is 0 Å². The molecule has 1 N–H and O–H groups in total. The molecule has 0 unspecified atom stereocenters. The molecule has 0 aliphatic heterocycles. The highest BCUT2D eigenvalue weighted by Crippen LogP contribution is 2.18. The fourth-order valence-electron chi connectivity index (χ4n) is 2.66. The number of nitrogens with zero attached hydrogens (tertiary/aromatic N) is 1. The van der Waals surface area contributed by atoms with E-state index in [0.29, 0.717) is 18.2 Å². The SMILES string of the molecule is COc1ccc(NC(=S)N(Cc2ccco2)Cc2ccccc2C)cc1. The highest BCUT2D eigenvalue weighted by molar-refractivity contribution is 7.80. The van der Waals surface area contributed by atoms with Gasteiger partial charge in [0.1, 0.15) is 11.5 Å². The minimum absolute atomic E-state index is 0.601. The predicted octanol–water partition coefficient (Wildman–Crippen LogP) is 5.00. The molecule has 0 saturated heterocycles. The fourth-order valence-corrected chi connectivity index (χ4v) is 2.91. The van der Waals surface area contributed by atoms with Gasteiger partial charge in [0.05, 0.1) is 19.9 Å². The topological polar surface area (TPSA) is 37.6 Å². The lowest BCUT2D eigenvalue weighted by Gasteiger charge is -2.26. The molecule has 0 atom stereocenters. The maximum absolute atomic E-state index is 5.68. The number of furan rings is 1. The van der Waals surface area contributed by atoms with Crippen LogP contribution in [0.4, 0.5) is 5.69 Å². The van der Waals surface area contributed by atoms with Gasteiger partial charge in [-0.3, -0.25) is 0 Å². The molecular weight excluding hydrogens is 344 g/mol. The van der Waals surface area contributed by atoms with Crippen LogP contribution >= 0.6 is 12.2 Å². The average molecular weight is 366 g/mol. The lowest BCUT2D eigenvalue weighted by atomic mass is 10.1. The Morgan fingerprint density at radius 2 is 1.81 bits per heavy atom. The monoisotopic (exact) mass is 366 g/mol. The van der Waals surface area contributed by atoms with E-state index in [1.54, 1.807) is 13.4 Å². The van der Waals surface area contributed by atoms with E-state index in [4.69, 9.17) is 21.4 Å². The maximum Gasteiger partial charge on any atom is 0.174 e. The summed E-state index contributed by atoms with van der Waals surface area (Å²) in [7, 11) is 1.65. The first kappa shape index (κ1) is 18.0.